The molecule has 0 aromatic rings. The van der Waals surface area contributed by atoms with Gasteiger partial charge in [0.25, 0.3) is 0 Å². The molecule has 0 aliphatic carbocycles. The zero-order chi connectivity index (χ0) is 9.78. The molecule has 0 aliphatic rings. The summed E-state index contributed by atoms with van der Waals surface area (Å²) in [6, 6.07) is 0. The number of amides is 1. The van der Waals surface area contributed by atoms with Crippen molar-refractivity contribution >= 4 is 5.91 Å². The topological polar surface area (TPSA) is 55.1 Å². The van der Waals surface area contributed by atoms with Crippen LogP contribution in [0.1, 0.15) is 27.7 Å². The Bertz CT molecular complexity index is 149. The van der Waals surface area contributed by atoms with Crippen molar-refractivity contribution in [2.75, 3.05) is 13.1 Å². The van der Waals surface area contributed by atoms with Crippen LogP contribution in [0.15, 0.2) is 0 Å². The Labute approximate surface area is 74.7 Å². The van der Waals surface area contributed by atoms with E-state index >= 15 is 0 Å². The molecule has 1 unspecified atom stereocenters. The number of nitrogens with two attached hydrogens (primary N) is 1. The molecule has 0 aromatic heterocycles. The summed E-state index contributed by atoms with van der Waals surface area (Å²) in [5.74, 6) is -0.0280. The number of carbonyl (C=O) groups excluding carboxylic acids is 1. The molecule has 0 aromatic carbocycles. The van der Waals surface area contributed by atoms with Gasteiger partial charge in [-0.15, -0.1) is 0 Å². The maximum absolute atomic E-state index is 11.2. The van der Waals surface area contributed by atoms with Crippen molar-refractivity contribution in [1.29, 1.82) is 0 Å². The molecule has 1 amide bonds. The van der Waals surface area contributed by atoms with Crippen LogP contribution in [-0.2, 0) is 4.79 Å². The zero-order valence-corrected chi connectivity index (χ0v) is 8.48. The first kappa shape index (κ1) is 11.4. The number of hydrogen-bond acceptors (Lipinski definition) is 2. The Morgan fingerprint density at radius 2 is 2.00 bits per heavy atom. The van der Waals surface area contributed by atoms with Crippen LogP contribution >= 0.6 is 0 Å². The Morgan fingerprint density at radius 1 is 1.50 bits per heavy atom. The summed E-state index contributed by atoms with van der Waals surface area (Å²) in [7, 11) is 0. The SMILES string of the molecule is CC(CN)C(=O)NCC(C)(C)C. The molecule has 72 valence electrons. The third-order valence-corrected chi connectivity index (χ3v) is 1.59. The second-order valence-corrected chi connectivity index (χ2v) is 4.42. The number of hydrogen-bond donors (Lipinski definition) is 2. The van der Waals surface area contributed by atoms with Crippen LogP contribution in [0.2, 0.25) is 0 Å². The molecule has 0 saturated heterocycles. The van der Waals surface area contributed by atoms with Gasteiger partial charge in [-0.1, -0.05) is 27.7 Å². The van der Waals surface area contributed by atoms with E-state index in [0.29, 0.717) is 13.1 Å². The highest BCUT2D eigenvalue weighted by molar-refractivity contribution is 5.78. The minimum Gasteiger partial charge on any atom is -0.355 e. The molecule has 0 radical (unpaired) electrons. The quantitative estimate of drug-likeness (QED) is 0.660. The molecule has 0 fully saturated rings. The summed E-state index contributed by atoms with van der Waals surface area (Å²) in [5.41, 5.74) is 5.49. The standard InChI is InChI=1S/C9H20N2O/c1-7(5-10)8(12)11-6-9(2,3)4/h7H,5-6,10H2,1-4H3,(H,11,12). The van der Waals surface area contributed by atoms with Gasteiger partial charge in [-0.2, -0.15) is 0 Å². The highest BCUT2D eigenvalue weighted by atomic mass is 16.1. The summed E-state index contributed by atoms with van der Waals surface area (Å²) in [6.45, 7) is 9.20. The van der Waals surface area contributed by atoms with Gasteiger partial charge in [-0.3, -0.25) is 4.79 Å². The van der Waals surface area contributed by atoms with Crippen LogP contribution in [0.4, 0.5) is 0 Å². The van der Waals surface area contributed by atoms with Gasteiger partial charge in [0.05, 0.1) is 0 Å². The molecule has 3 N–H and O–H groups in total. The van der Waals surface area contributed by atoms with Crippen molar-refractivity contribution in [3.8, 4) is 0 Å². The summed E-state index contributed by atoms with van der Waals surface area (Å²) < 4.78 is 0. The molecule has 0 heterocycles. The van der Waals surface area contributed by atoms with E-state index in [4.69, 9.17) is 5.73 Å². The summed E-state index contributed by atoms with van der Waals surface area (Å²) in [5, 5.41) is 2.85. The molecular weight excluding hydrogens is 152 g/mol. The fourth-order valence-corrected chi connectivity index (χ4v) is 0.634. The molecule has 3 heteroatoms. The molecule has 12 heavy (non-hydrogen) atoms. The summed E-state index contributed by atoms with van der Waals surface area (Å²) in [4.78, 5) is 11.2. The molecule has 0 rings (SSSR count). The van der Waals surface area contributed by atoms with Gasteiger partial charge in [0.1, 0.15) is 0 Å². The lowest BCUT2D eigenvalue weighted by atomic mass is 9.96. The minimum absolute atomic E-state index is 0.0485. The van der Waals surface area contributed by atoms with Crippen molar-refractivity contribution in [2.45, 2.75) is 27.7 Å². The van der Waals surface area contributed by atoms with Crippen LogP contribution in [0.3, 0.4) is 0 Å². The smallest absolute Gasteiger partial charge is 0.224 e. The first-order valence-corrected chi connectivity index (χ1v) is 4.34. The van der Waals surface area contributed by atoms with Gasteiger partial charge in [-0.05, 0) is 5.41 Å². The van der Waals surface area contributed by atoms with Gasteiger partial charge in [0.2, 0.25) is 5.91 Å². The van der Waals surface area contributed by atoms with E-state index in [-0.39, 0.29) is 17.2 Å². The molecule has 1 atom stereocenters. The maximum atomic E-state index is 11.2. The monoisotopic (exact) mass is 172 g/mol. The van der Waals surface area contributed by atoms with Gasteiger partial charge in [0, 0.05) is 19.0 Å². The van der Waals surface area contributed by atoms with Gasteiger partial charge in [-0.25, -0.2) is 0 Å². The van der Waals surface area contributed by atoms with Crippen molar-refractivity contribution in [1.82, 2.24) is 5.32 Å². The van der Waals surface area contributed by atoms with Crippen LogP contribution < -0.4 is 11.1 Å². The predicted molar refractivity (Wildman–Crippen MR) is 50.7 cm³/mol. The molecule has 0 aliphatic heterocycles. The molecule has 0 spiro atoms. The minimum atomic E-state index is -0.0765. The first-order valence-electron chi connectivity index (χ1n) is 4.34. The summed E-state index contributed by atoms with van der Waals surface area (Å²) in [6.07, 6.45) is 0. The lowest BCUT2D eigenvalue weighted by Crippen LogP contribution is -2.38. The molecule has 0 bridgehead atoms. The first-order chi connectivity index (χ1) is 5.37. The Balaban J connectivity index is 3.72. The Morgan fingerprint density at radius 3 is 2.33 bits per heavy atom. The molecule has 0 saturated carbocycles. The molecule has 3 nitrogen and oxygen atoms in total. The third kappa shape index (κ3) is 5.13. The van der Waals surface area contributed by atoms with E-state index in [9.17, 15) is 4.79 Å². The molecular formula is C9H20N2O. The van der Waals surface area contributed by atoms with Crippen molar-refractivity contribution < 1.29 is 4.79 Å². The lowest BCUT2D eigenvalue weighted by molar-refractivity contribution is -0.124. The summed E-state index contributed by atoms with van der Waals surface area (Å²) >= 11 is 0. The zero-order valence-electron chi connectivity index (χ0n) is 8.48. The van der Waals surface area contributed by atoms with E-state index < -0.39 is 0 Å². The van der Waals surface area contributed by atoms with E-state index in [1.54, 1.807) is 0 Å². The Kier molecular flexibility index (Phi) is 4.24. The van der Waals surface area contributed by atoms with Gasteiger partial charge < -0.3 is 11.1 Å². The maximum Gasteiger partial charge on any atom is 0.224 e. The largest absolute Gasteiger partial charge is 0.355 e. The highest BCUT2D eigenvalue weighted by Crippen LogP contribution is 2.10. The van der Waals surface area contributed by atoms with Crippen LogP contribution in [-0.4, -0.2) is 19.0 Å². The van der Waals surface area contributed by atoms with Crippen LogP contribution in [0.5, 0.6) is 0 Å². The van der Waals surface area contributed by atoms with Crippen molar-refractivity contribution in [3.05, 3.63) is 0 Å². The highest BCUT2D eigenvalue weighted by Gasteiger charge is 2.14. The van der Waals surface area contributed by atoms with E-state index in [1.807, 2.05) is 6.92 Å². The van der Waals surface area contributed by atoms with E-state index in [2.05, 4.69) is 26.1 Å². The van der Waals surface area contributed by atoms with Gasteiger partial charge in [0.15, 0.2) is 0 Å². The van der Waals surface area contributed by atoms with Crippen LogP contribution in [0.25, 0.3) is 0 Å². The van der Waals surface area contributed by atoms with Gasteiger partial charge >= 0.3 is 0 Å². The number of nitrogens with one attached hydrogen (secondary N) is 1. The fourth-order valence-electron chi connectivity index (χ4n) is 0.634. The van der Waals surface area contributed by atoms with E-state index in [0.717, 1.165) is 0 Å². The average molecular weight is 172 g/mol. The Hall–Kier alpha value is -0.570. The van der Waals surface area contributed by atoms with Crippen molar-refractivity contribution in [3.63, 3.8) is 0 Å². The number of carbonyl (C=O) groups is 1. The fraction of sp³-hybridized carbons (Fsp3) is 0.889. The number of rotatable bonds is 3. The predicted octanol–water partition coefficient (Wildman–Crippen LogP) is 0.743. The second kappa shape index (κ2) is 4.45. The van der Waals surface area contributed by atoms with Crippen LogP contribution in [0, 0.1) is 11.3 Å². The normalized spacial score (nSPS) is 14.1. The van der Waals surface area contributed by atoms with E-state index in [1.165, 1.54) is 0 Å². The van der Waals surface area contributed by atoms with Crippen molar-refractivity contribution in [2.24, 2.45) is 17.1 Å². The average Bonchev–Trinajstić information content (AvgIpc) is 1.97. The lowest BCUT2D eigenvalue weighted by Gasteiger charge is -2.20. The third-order valence-electron chi connectivity index (χ3n) is 1.59. The second-order valence-electron chi connectivity index (χ2n) is 4.42.